The van der Waals surface area contributed by atoms with E-state index in [4.69, 9.17) is 0 Å². The standard InChI is InChI=1S/C16H24N2O/c1-2-12-17-14-8-10-15(11-9-14)18-16(19)13-6-4-3-5-7-13/h8-11,13,17H,2-7,12H2,1H3,(H,18,19). The summed E-state index contributed by atoms with van der Waals surface area (Å²) in [7, 11) is 0. The van der Waals surface area contributed by atoms with Gasteiger partial charge in [0.25, 0.3) is 0 Å². The third kappa shape index (κ3) is 4.27. The van der Waals surface area contributed by atoms with E-state index >= 15 is 0 Å². The van der Waals surface area contributed by atoms with Crippen LogP contribution in [-0.2, 0) is 4.79 Å². The first-order valence-electron chi connectivity index (χ1n) is 7.44. The van der Waals surface area contributed by atoms with Gasteiger partial charge in [0.05, 0.1) is 0 Å². The first-order chi connectivity index (χ1) is 9.29. The number of rotatable bonds is 5. The highest BCUT2D eigenvalue weighted by Gasteiger charge is 2.20. The zero-order chi connectivity index (χ0) is 13.5. The molecule has 19 heavy (non-hydrogen) atoms. The van der Waals surface area contributed by atoms with Crippen molar-refractivity contribution in [2.45, 2.75) is 45.4 Å². The highest BCUT2D eigenvalue weighted by Crippen LogP contribution is 2.25. The Morgan fingerprint density at radius 2 is 1.74 bits per heavy atom. The van der Waals surface area contributed by atoms with E-state index < -0.39 is 0 Å². The van der Waals surface area contributed by atoms with Crippen molar-refractivity contribution in [2.24, 2.45) is 5.92 Å². The van der Waals surface area contributed by atoms with E-state index in [1.165, 1.54) is 19.3 Å². The van der Waals surface area contributed by atoms with Crippen LogP contribution in [0.2, 0.25) is 0 Å². The van der Waals surface area contributed by atoms with E-state index in [0.717, 1.165) is 37.2 Å². The van der Waals surface area contributed by atoms with Crippen molar-refractivity contribution in [3.05, 3.63) is 24.3 Å². The average molecular weight is 260 g/mol. The molecule has 0 aromatic heterocycles. The normalized spacial score (nSPS) is 16.1. The fraction of sp³-hybridized carbons (Fsp3) is 0.562. The second-order valence-electron chi connectivity index (χ2n) is 5.33. The van der Waals surface area contributed by atoms with Crippen LogP contribution in [0.5, 0.6) is 0 Å². The molecule has 0 spiro atoms. The van der Waals surface area contributed by atoms with Gasteiger partial charge in [-0.2, -0.15) is 0 Å². The molecule has 0 saturated heterocycles. The maximum Gasteiger partial charge on any atom is 0.227 e. The second kappa shape index (κ2) is 7.17. The summed E-state index contributed by atoms with van der Waals surface area (Å²) >= 11 is 0. The molecule has 0 unspecified atom stereocenters. The molecule has 1 fully saturated rings. The molecule has 1 aromatic rings. The summed E-state index contributed by atoms with van der Waals surface area (Å²) in [6.45, 7) is 3.12. The lowest BCUT2D eigenvalue weighted by Gasteiger charge is -2.20. The summed E-state index contributed by atoms with van der Waals surface area (Å²) < 4.78 is 0. The quantitative estimate of drug-likeness (QED) is 0.839. The van der Waals surface area contributed by atoms with Crippen LogP contribution in [0, 0.1) is 5.92 Å². The Labute approximate surface area is 115 Å². The maximum atomic E-state index is 12.1. The first kappa shape index (κ1) is 13.9. The van der Waals surface area contributed by atoms with E-state index in [-0.39, 0.29) is 11.8 Å². The van der Waals surface area contributed by atoms with Crippen molar-refractivity contribution in [3.8, 4) is 0 Å². The molecule has 104 valence electrons. The van der Waals surface area contributed by atoms with Crippen molar-refractivity contribution in [3.63, 3.8) is 0 Å². The fourth-order valence-electron chi connectivity index (χ4n) is 2.55. The Morgan fingerprint density at radius 1 is 1.11 bits per heavy atom. The second-order valence-corrected chi connectivity index (χ2v) is 5.33. The summed E-state index contributed by atoms with van der Waals surface area (Å²) in [5.41, 5.74) is 2.01. The smallest absolute Gasteiger partial charge is 0.227 e. The molecule has 1 aliphatic rings. The van der Waals surface area contributed by atoms with Crippen LogP contribution in [0.15, 0.2) is 24.3 Å². The van der Waals surface area contributed by atoms with Crippen LogP contribution >= 0.6 is 0 Å². The fourth-order valence-corrected chi connectivity index (χ4v) is 2.55. The molecular weight excluding hydrogens is 236 g/mol. The molecule has 1 aliphatic carbocycles. The van der Waals surface area contributed by atoms with E-state index in [1.807, 2.05) is 24.3 Å². The highest BCUT2D eigenvalue weighted by molar-refractivity contribution is 5.92. The number of carbonyl (C=O) groups is 1. The molecular formula is C16H24N2O. The van der Waals surface area contributed by atoms with Gasteiger partial charge in [0.1, 0.15) is 0 Å². The van der Waals surface area contributed by atoms with Crippen LogP contribution in [-0.4, -0.2) is 12.5 Å². The molecule has 3 heteroatoms. The molecule has 1 amide bonds. The summed E-state index contributed by atoms with van der Waals surface area (Å²) in [6.07, 6.45) is 6.86. The molecule has 0 atom stereocenters. The van der Waals surface area contributed by atoms with Gasteiger partial charge < -0.3 is 10.6 Å². The number of nitrogens with one attached hydrogen (secondary N) is 2. The van der Waals surface area contributed by atoms with Crippen molar-refractivity contribution in [1.82, 2.24) is 0 Å². The summed E-state index contributed by atoms with van der Waals surface area (Å²) in [4.78, 5) is 12.1. The molecule has 2 rings (SSSR count). The summed E-state index contributed by atoms with van der Waals surface area (Å²) in [5.74, 6) is 0.403. The van der Waals surface area contributed by atoms with Crippen LogP contribution in [0.25, 0.3) is 0 Å². The number of hydrogen-bond donors (Lipinski definition) is 2. The zero-order valence-electron chi connectivity index (χ0n) is 11.7. The Morgan fingerprint density at radius 3 is 2.37 bits per heavy atom. The van der Waals surface area contributed by atoms with Crippen molar-refractivity contribution < 1.29 is 4.79 Å². The molecule has 0 radical (unpaired) electrons. The Hall–Kier alpha value is -1.51. The van der Waals surface area contributed by atoms with Gasteiger partial charge in [0.15, 0.2) is 0 Å². The minimum Gasteiger partial charge on any atom is -0.385 e. The van der Waals surface area contributed by atoms with Gasteiger partial charge in [-0.3, -0.25) is 4.79 Å². The number of anilines is 2. The molecule has 2 N–H and O–H groups in total. The predicted octanol–water partition coefficient (Wildman–Crippen LogP) is 4.03. The number of benzene rings is 1. The molecule has 0 heterocycles. The minimum absolute atomic E-state index is 0.189. The highest BCUT2D eigenvalue weighted by atomic mass is 16.1. The molecule has 0 bridgehead atoms. The topological polar surface area (TPSA) is 41.1 Å². The first-order valence-corrected chi connectivity index (χ1v) is 7.44. The minimum atomic E-state index is 0.189. The van der Waals surface area contributed by atoms with Gasteiger partial charge in [0, 0.05) is 23.8 Å². The van der Waals surface area contributed by atoms with Crippen molar-refractivity contribution in [1.29, 1.82) is 0 Å². The van der Waals surface area contributed by atoms with E-state index in [2.05, 4.69) is 17.6 Å². The number of amides is 1. The zero-order valence-corrected chi connectivity index (χ0v) is 11.7. The van der Waals surface area contributed by atoms with Crippen molar-refractivity contribution >= 4 is 17.3 Å². The number of carbonyl (C=O) groups excluding carboxylic acids is 1. The van der Waals surface area contributed by atoms with Crippen LogP contribution < -0.4 is 10.6 Å². The lowest BCUT2D eigenvalue weighted by atomic mass is 9.88. The Kier molecular flexibility index (Phi) is 5.25. The van der Waals surface area contributed by atoms with Crippen LogP contribution in [0.4, 0.5) is 11.4 Å². The van der Waals surface area contributed by atoms with E-state index in [9.17, 15) is 4.79 Å². The van der Waals surface area contributed by atoms with E-state index in [1.54, 1.807) is 0 Å². The molecule has 1 aromatic carbocycles. The maximum absolute atomic E-state index is 12.1. The summed E-state index contributed by atoms with van der Waals surface area (Å²) in [6, 6.07) is 7.98. The summed E-state index contributed by atoms with van der Waals surface area (Å²) in [5, 5.41) is 6.35. The van der Waals surface area contributed by atoms with Crippen molar-refractivity contribution in [2.75, 3.05) is 17.2 Å². The monoisotopic (exact) mass is 260 g/mol. The SMILES string of the molecule is CCCNc1ccc(NC(=O)C2CCCCC2)cc1. The Bertz CT molecular complexity index is 394. The van der Waals surface area contributed by atoms with Crippen LogP contribution in [0.1, 0.15) is 45.4 Å². The largest absolute Gasteiger partial charge is 0.385 e. The lowest BCUT2D eigenvalue weighted by molar-refractivity contribution is -0.120. The Balaban J connectivity index is 1.86. The molecule has 1 saturated carbocycles. The number of hydrogen-bond acceptors (Lipinski definition) is 2. The van der Waals surface area contributed by atoms with Gasteiger partial charge in [-0.15, -0.1) is 0 Å². The third-order valence-electron chi connectivity index (χ3n) is 3.71. The van der Waals surface area contributed by atoms with E-state index in [0.29, 0.717) is 0 Å². The average Bonchev–Trinajstić information content (AvgIpc) is 2.47. The van der Waals surface area contributed by atoms with Gasteiger partial charge in [0.2, 0.25) is 5.91 Å². The van der Waals surface area contributed by atoms with Gasteiger partial charge >= 0.3 is 0 Å². The third-order valence-corrected chi connectivity index (χ3v) is 3.71. The van der Waals surface area contributed by atoms with Gasteiger partial charge in [-0.05, 0) is 43.5 Å². The van der Waals surface area contributed by atoms with Gasteiger partial charge in [-0.25, -0.2) is 0 Å². The molecule has 3 nitrogen and oxygen atoms in total. The van der Waals surface area contributed by atoms with Gasteiger partial charge in [-0.1, -0.05) is 26.2 Å². The predicted molar refractivity (Wildman–Crippen MR) is 80.4 cm³/mol. The van der Waals surface area contributed by atoms with Crippen LogP contribution in [0.3, 0.4) is 0 Å². The molecule has 0 aliphatic heterocycles. The lowest BCUT2D eigenvalue weighted by Crippen LogP contribution is -2.24.